The summed E-state index contributed by atoms with van der Waals surface area (Å²) in [6, 6.07) is 13.5. The van der Waals surface area contributed by atoms with Crippen molar-refractivity contribution in [3.63, 3.8) is 0 Å². The third-order valence-corrected chi connectivity index (χ3v) is 3.54. The maximum Gasteiger partial charge on any atom is 0.236 e. The van der Waals surface area contributed by atoms with Crippen LogP contribution >= 0.6 is 0 Å². The zero-order chi connectivity index (χ0) is 14.1. The fourth-order valence-electron chi connectivity index (χ4n) is 2.64. The summed E-state index contributed by atoms with van der Waals surface area (Å²) in [4.78, 5) is 14.0. The Bertz CT molecular complexity index is 667. The summed E-state index contributed by atoms with van der Waals surface area (Å²) in [6.07, 6.45) is 1.27. The Hall–Kier alpha value is -2.33. The second-order valence-corrected chi connectivity index (χ2v) is 5.00. The molecule has 0 aliphatic carbocycles. The first kappa shape index (κ1) is 12.7. The van der Waals surface area contributed by atoms with E-state index in [0.717, 1.165) is 23.4 Å². The quantitative estimate of drug-likeness (QED) is 0.835. The van der Waals surface area contributed by atoms with Crippen LogP contribution in [0.5, 0.6) is 0 Å². The molecule has 0 aromatic heterocycles. The van der Waals surface area contributed by atoms with Gasteiger partial charge in [-0.15, -0.1) is 0 Å². The monoisotopic (exact) mass is 267 g/mol. The molecule has 20 heavy (non-hydrogen) atoms. The Morgan fingerprint density at radius 1 is 1.15 bits per heavy atom. The van der Waals surface area contributed by atoms with E-state index in [4.69, 9.17) is 11.5 Å². The molecule has 1 amide bonds. The van der Waals surface area contributed by atoms with Crippen molar-refractivity contribution >= 4 is 23.0 Å². The van der Waals surface area contributed by atoms with Gasteiger partial charge in [0.15, 0.2) is 0 Å². The third-order valence-electron chi connectivity index (χ3n) is 3.54. The maximum atomic E-state index is 12.3. The molecule has 2 aromatic carbocycles. The van der Waals surface area contributed by atoms with Gasteiger partial charge in [0.25, 0.3) is 0 Å². The highest BCUT2D eigenvalue weighted by molar-refractivity contribution is 6.07. The van der Waals surface area contributed by atoms with Crippen LogP contribution in [0.15, 0.2) is 42.5 Å². The summed E-state index contributed by atoms with van der Waals surface area (Å²) in [7, 11) is 0. The molecule has 3 rings (SSSR count). The molecular formula is C16H17N3O. The predicted molar refractivity (Wildman–Crippen MR) is 80.9 cm³/mol. The van der Waals surface area contributed by atoms with E-state index in [9.17, 15) is 4.79 Å². The van der Waals surface area contributed by atoms with Gasteiger partial charge in [0.05, 0.1) is 17.8 Å². The Morgan fingerprint density at radius 2 is 2.00 bits per heavy atom. The number of rotatable bonds is 3. The van der Waals surface area contributed by atoms with Crippen LogP contribution in [0.2, 0.25) is 0 Å². The SMILES string of the molecule is NCCc1ccc2c(c1)CC(=O)N2c1cccc(N)c1. The molecule has 0 spiro atoms. The van der Waals surface area contributed by atoms with Crippen molar-refractivity contribution in [2.24, 2.45) is 5.73 Å². The average molecular weight is 267 g/mol. The van der Waals surface area contributed by atoms with E-state index < -0.39 is 0 Å². The lowest BCUT2D eigenvalue weighted by Gasteiger charge is -2.18. The average Bonchev–Trinajstić information content (AvgIpc) is 2.74. The van der Waals surface area contributed by atoms with Crippen molar-refractivity contribution < 1.29 is 4.79 Å². The van der Waals surface area contributed by atoms with Crippen molar-refractivity contribution in [3.8, 4) is 0 Å². The molecule has 4 nitrogen and oxygen atoms in total. The van der Waals surface area contributed by atoms with Crippen molar-refractivity contribution in [1.82, 2.24) is 0 Å². The van der Waals surface area contributed by atoms with E-state index in [-0.39, 0.29) is 5.91 Å². The van der Waals surface area contributed by atoms with Crippen LogP contribution in [-0.4, -0.2) is 12.5 Å². The highest BCUT2D eigenvalue weighted by atomic mass is 16.2. The van der Waals surface area contributed by atoms with Crippen LogP contribution in [0.3, 0.4) is 0 Å². The van der Waals surface area contributed by atoms with Crippen molar-refractivity contribution in [2.45, 2.75) is 12.8 Å². The van der Waals surface area contributed by atoms with Gasteiger partial charge in [0.1, 0.15) is 0 Å². The molecule has 4 N–H and O–H groups in total. The van der Waals surface area contributed by atoms with Gasteiger partial charge in [-0.2, -0.15) is 0 Å². The molecule has 1 aliphatic heterocycles. The maximum absolute atomic E-state index is 12.3. The topological polar surface area (TPSA) is 72.4 Å². The smallest absolute Gasteiger partial charge is 0.236 e. The number of carbonyl (C=O) groups is 1. The molecule has 0 atom stereocenters. The first-order chi connectivity index (χ1) is 9.69. The minimum Gasteiger partial charge on any atom is -0.399 e. The van der Waals surface area contributed by atoms with Gasteiger partial charge in [-0.25, -0.2) is 0 Å². The molecule has 4 heteroatoms. The van der Waals surface area contributed by atoms with Crippen molar-refractivity contribution in [2.75, 3.05) is 17.2 Å². The number of nitrogens with two attached hydrogens (primary N) is 2. The molecule has 0 saturated carbocycles. The van der Waals surface area contributed by atoms with E-state index in [0.29, 0.717) is 18.7 Å². The zero-order valence-electron chi connectivity index (χ0n) is 11.2. The Labute approximate surface area is 118 Å². The Morgan fingerprint density at radius 3 is 2.75 bits per heavy atom. The highest BCUT2D eigenvalue weighted by Gasteiger charge is 2.28. The Kier molecular flexibility index (Phi) is 3.16. The van der Waals surface area contributed by atoms with Crippen molar-refractivity contribution in [3.05, 3.63) is 53.6 Å². The number of hydrogen-bond acceptors (Lipinski definition) is 3. The number of carbonyl (C=O) groups excluding carboxylic acids is 1. The van der Waals surface area contributed by atoms with Gasteiger partial charge >= 0.3 is 0 Å². The van der Waals surface area contributed by atoms with E-state index in [1.165, 1.54) is 5.56 Å². The van der Waals surface area contributed by atoms with Gasteiger partial charge in [-0.3, -0.25) is 9.69 Å². The predicted octanol–water partition coefficient (Wildman–Crippen LogP) is 1.99. The lowest BCUT2D eigenvalue weighted by atomic mass is 10.1. The molecule has 1 aliphatic rings. The second kappa shape index (κ2) is 4.98. The lowest BCUT2D eigenvalue weighted by Crippen LogP contribution is -2.20. The molecule has 0 saturated heterocycles. The molecule has 102 valence electrons. The molecule has 2 aromatic rings. The van der Waals surface area contributed by atoms with Crippen LogP contribution in [0.4, 0.5) is 17.1 Å². The first-order valence-electron chi connectivity index (χ1n) is 6.69. The zero-order valence-corrected chi connectivity index (χ0v) is 11.2. The molecule has 0 bridgehead atoms. The fourth-order valence-corrected chi connectivity index (χ4v) is 2.64. The summed E-state index contributed by atoms with van der Waals surface area (Å²) >= 11 is 0. The normalized spacial score (nSPS) is 13.7. The van der Waals surface area contributed by atoms with Gasteiger partial charge in [0.2, 0.25) is 5.91 Å². The minimum atomic E-state index is 0.0792. The second-order valence-electron chi connectivity index (χ2n) is 5.00. The number of benzene rings is 2. The van der Waals surface area contributed by atoms with Crippen LogP contribution in [0.1, 0.15) is 11.1 Å². The molecule has 1 heterocycles. The summed E-state index contributed by atoms with van der Waals surface area (Å²) in [5, 5.41) is 0. The lowest BCUT2D eigenvalue weighted by molar-refractivity contribution is -0.116. The standard InChI is InChI=1S/C16H17N3O/c17-7-6-11-4-5-15-12(8-11)9-16(20)19(15)14-3-1-2-13(18)10-14/h1-5,8,10H,6-7,9,17-18H2. The number of fused-ring (bicyclic) bond motifs is 1. The Balaban J connectivity index is 2.02. The van der Waals surface area contributed by atoms with E-state index in [1.807, 2.05) is 36.4 Å². The van der Waals surface area contributed by atoms with E-state index in [1.54, 1.807) is 4.90 Å². The minimum absolute atomic E-state index is 0.0792. The summed E-state index contributed by atoms with van der Waals surface area (Å²) in [5.74, 6) is 0.0792. The van der Waals surface area contributed by atoms with Gasteiger partial charge in [-0.05, 0) is 48.4 Å². The molecular weight excluding hydrogens is 250 g/mol. The number of anilines is 3. The number of amides is 1. The molecule has 0 radical (unpaired) electrons. The number of nitrogens with zero attached hydrogens (tertiary/aromatic N) is 1. The van der Waals surface area contributed by atoms with E-state index in [2.05, 4.69) is 6.07 Å². The number of hydrogen-bond donors (Lipinski definition) is 2. The van der Waals surface area contributed by atoms with Crippen LogP contribution in [0, 0.1) is 0 Å². The fraction of sp³-hybridized carbons (Fsp3) is 0.188. The van der Waals surface area contributed by atoms with Gasteiger partial charge in [-0.1, -0.05) is 18.2 Å². The largest absolute Gasteiger partial charge is 0.399 e. The van der Waals surface area contributed by atoms with Gasteiger partial charge < -0.3 is 11.5 Å². The van der Waals surface area contributed by atoms with Crippen LogP contribution in [0.25, 0.3) is 0 Å². The highest BCUT2D eigenvalue weighted by Crippen LogP contribution is 2.36. The summed E-state index contributed by atoms with van der Waals surface area (Å²) in [6.45, 7) is 0.617. The van der Waals surface area contributed by atoms with Crippen molar-refractivity contribution in [1.29, 1.82) is 0 Å². The van der Waals surface area contributed by atoms with E-state index >= 15 is 0 Å². The summed E-state index contributed by atoms with van der Waals surface area (Å²) < 4.78 is 0. The van der Waals surface area contributed by atoms with Crippen LogP contribution < -0.4 is 16.4 Å². The number of nitrogen functional groups attached to an aromatic ring is 1. The molecule has 0 unspecified atom stereocenters. The summed E-state index contributed by atoms with van der Waals surface area (Å²) in [5.41, 5.74) is 16.0. The third kappa shape index (κ3) is 2.14. The van der Waals surface area contributed by atoms with Gasteiger partial charge in [0, 0.05) is 5.69 Å². The molecule has 0 fully saturated rings. The van der Waals surface area contributed by atoms with Crippen LogP contribution in [-0.2, 0) is 17.6 Å². The first-order valence-corrected chi connectivity index (χ1v) is 6.69.